The van der Waals surface area contributed by atoms with Gasteiger partial charge in [0.1, 0.15) is 5.52 Å². The maximum absolute atomic E-state index is 12.3. The van der Waals surface area contributed by atoms with Crippen molar-refractivity contribution in [1.29, 1.82) is 0 Å². The van der Waals surface area contributed by atoms with Gasteiger partial charge in [-0.25, -0.2) is 9.78 Å². The molecule has 0 spiro atoms. The minimum atomic E-state index is -0.959. The van der Waals surface area contributed by atoms with Gasteiger partial charge in [0.25, 0.3) is 0 Å². The number of fused-ring (bicyclic) bond motifs is 1. The summed E-state index contributed by atoms with van der Waals surface area (Å²) >= 11 is 6.06. The van der Waals surface area contributed by atoms with Crippen LogP contribution in [0.15, 0.2) is 30.6 Å². The van der Waals surface area contributed by atoms with Crippen molar-refractivity contribution in [1.82, 2.24) is 35.5 Å². The van der Waals surface area contributed by atoms with Crippen molar-refractivity contribution in [2.45, 2.75) is 44.6 Å². The summed E-state index contributed by atoms with van der Waals surface area (Å²) in [6, 6.07) is 7.43. The van der Waals surface area contributed by atoms with E-state index in [0.29, 0.717) is 68.4 Å². The van der Waals surface area contributed by atoms with Gasteiger partial charge in [-0.05, 0) is 48.2 Å². The number of carbonyl (C=O) groups is 2. The monoisotopic (exact) mass is 571 g/mol. The van der Waals surface area contributed by atoms with Crippen molar-refractivity contribution in [2.75, 3.05) is 56.5 Å². The number of amides is 3. The number of anilines is 2. The lowest BCUT2D eigenvalue weighted by molar-refractivity contribution is -0.121. The fourth-order valence-electron chi connectivity index (χ4n) is 4.76. The molecule has 216 valence electrons. The molecule has 1 fully saturated rings. The molecule has 4 rings (SSSR count). The average molecular weight is 572 g/mol. The topological polar surface area (TPSA) is 151 Å². The zero-order valence-corrected chi connectivity index (χ0v) is 24.2. The minimum absolute atomic E-state index is 0.0481. The molecule has 13 heteroatoms. The van der Waals surface area contributed by atoms with Crippen LogP contribution < -0.4 is 20.9 Å². The van der Waals surface area contributed by atoms with Crippen molar-refractivity contribution in [3.05, 3.63) is 41.4 Å². The second-order valence-electron chi connectivity index (χ2n) is 11.4. The number of aromatic amines is 1. The molecule has 1 aliphatic rings. The summed E-state index contributed by atoms with van der Waals surface area (Å²) < 4.78 is 0. The number of hydrogen-bond donors (Lipinski definition) is 5. The summed E-state index contributed by atoms with van der Waals surface area (Å²) in [7, 11) is 1.88. The van der Waals surface area contributed by atoms with E-state index in [1.54, 1.807) is 0 Å². The van der Waals surface area contributed by atoms with Gasteiger partial charge >= 0.3 is 6.03 Å². The first-order valence-corrected chi connectivity index (χ1v) is 13.7. The van der Waals surface area contributed by atoms with Crippen LogP contribution in [0.5, 0.6) is 0 Å². The number of imidazole rings is 1. The zero-order valence-electron chi connectivity index (χ0n) is 23.4. The summed E-state index contributed by atoms with van der Waals surface area (Å²) in [6.07, 6.45) is 2.37. The van der Waals surface area contributed by atoms with Crippen LogP contribution in [0, 0.1) is 0 Å². The highest BCUT2D eigenvalue weighted by Gasteiger charge is 2.38. The molecule has 0 bridgehead atoms. The molecule has 1 atom stereocenters. The molecule has 1 aliphatic heterocycles. The molecule has 1 unspecified atom stereocenters. The lowest BCUT2D eigenvalue weighted by Gasteiger charge is -2.29. The molecule has 40 heavy (non-hydrogen) atoms. The van der Waals surface area contributed by atoms with Crippen molar-refractivity contribution in [3.63, 3.8) is 0 Å². The third-order valence-corrected chi connectivity index (χ3v) is 7.07. The van der Waals surface area contributed by atoms with Crippen LogP contribution in [0.25, 0.3) is 11.2 Å². The Morgan fingerprint density at radius 3 is 2.62 bits per heavy atom. The number of nitrogens with one attached hydrogen (secondary N) is 4. The molecule has 2 aromatic heterocycles. The number of halogens is 1. The van der Waals surface area contributed by atoms with Crippen molar-refractivity contribution in [3.8, 4) is 0 Å². The van der Waals surface area contributed by atoms with Gasteiger partial charge in [-0.1, -0.05) is 32.9 Å². The molecule has 3 heterocycles. The average Bonchev–Trinajstić information content (AvgIpc) is 3.51. The number of nitrogens with zero attached hydrogens (tertiary/aromatic N) is 5. The lowest BCUT2D eigenvalue weighted by atomic mass is 9.87. The summed E-state index contributed by atoms with van der Waals surface area (Å²) in [5, 5.41) is 19.7. The first-order chi connectivity index (χ1) is 18.9. The van der Waals surface area contributed by atoms with Crippen LogP contribution >= 0.6 is 11.6 Å². The molecule has 0 saturated carbocycles. The highest BCUT2D eigenvalue weighted by atomic mass is 35.5. The number of carbonyl (C=O) groups excluding carboxylic acids is 2. The molecule has 0 radical (unpaired) electrons. The Bertz CT molecular complexity index is 1330. The Hall–Kier alpha value is -3.48. The Labute approximate surface area is 238 Å². The number of β-amino-alcohol motifs (C(OH)–C–C–N with tert-alkyl or cyclic N) is 1. The first kappa shape index (κ1) is 29.5. The Morgan fingerprint density at radius 2 is 1.90 bits per heavy atom. The van der Waals surface area contributed by atoms with Crippen LogP contribution in [0.3, 0.4) is 0 Å². The smallest absolute Gasteiger partial charge is 0.319 e. The zero-order chi connectivity index (χ0) is 28.9. The highest BCUT2D eigenvalue weighted by molar-refractivity contribution is 6.28. The maximum Gasteiger partial charge on any atom is 0.319 e. The molecule has 0 aliphatic carbocycles. The number of H-pyrrole nitrogens is 1. The van der Waals surface area contributed by atoms with Gasteiger partial charge in [-0.3, -0.25) is 4.79 Å². The predicted octanol–water partition coefficient (Wildman–Crippen LogP) is 2.50. The molecule has 1 saturated heterocycles. The largest absolute Gasteiger partial charge is 0.387 e. The highest BCUT2D eigenvalue weighted by Crippen LogP contribution is 2.30. The van der Waals surface area contributed by atoms with Gasteiger partial charge in [-0.2, -0.15) is 9.97 Å². The number of aliphatic hydroxyl groups is 1. The summed E-state index contributed by atoms with van der Waals surface area (Å²) in [5.41, 5.74) is 2.15. The van der Waals surface area contributed by atoms with Crippen LogP contribution in [0.4, 0.5) is 16.3 Å². The lowest BCUT2D eigenvalue weighted by Crippen LogP contribution is -2.45. The van der Waals surface area contributed by atoms with Crippen molar-refractivity contribution >= 4 is 46.2 Å². The number of rotatable bonds is 10. The van der Waals surface area contributed by atoms with Crippen molar-refractivity contribution in [2.24, 2.45) is 0 Å². The van der Waals surface area contributed by atoms with Gasteiger partial charge in [0, 0.05) is 51.4 Å². The van der Waals surface area contributed by atoms with E-state index in [1.807, 2.05) is 41.1 Å². The van der Waals surface area contributed by atoms with E-state index in [-0.39, 0.29) is 29.1 Å². The molecular formula is C27H38ClN9O3. The van der Waals surface area contributed by atoms with Crippen LogP contribution in [0.2, 0.25) is 5.28 Å². The molecule has 12 nitrogen and oxygen atoms in total. The van der Waals surface area contributed by atoms with Gasteiger partial charge < -0.3 is 35.8 Å². The normalized spacial score (nSPS) is 17.4. The second-order valence-corrected chi connectivity index (χ2v) is 11.7. The van der Waals surface area contributed by atoms with Gasteiger partial charge in [-0.15, -0.1) is 0 Å². The first-order valence-electron chi connectivity index (χ1n) is 13.4. The standard InChI is InChI=1S/C27H38ClN9O3/c1-26(2,3)18-5-7-19(8-6-18)33-25(39)30-12-11-29-20(38)9-13-36(4)15-27(40)10-14-37(16-27)23-21-22(32-17-31-21)34-24(28)35-23/h5-8,17,40H,9-16H2,1-4H3,(H,29,38)(H2,30,33,39)(H,31,32,34,35). The maximum atomic E-state index is 12.3. The quantitative estimate of drug-likeness (QED) is 0.184. The van der Waals surface area contributed by atoms with Crippen LogP contribution in [0.1, 0.15) is 39.2 Å². The van der Waals surface area contributed by atoms with Crippen LogP contribution in [-0.2, 0) is 10.2 Å². The third-order valence-electron chi connectivity index (χ3n) is 6.90. The number of likely N-dealkylation sites (N-methyl/N-ethyl adjacent to an activating group) is 1. The van der Waals surface area contributed by atoms with E-state index in [0.717, 1.165) is 0 Å². The summed E-state index contributed by atoms with van der Waals surface area (Å²) in [5.74, 6) is 0.496. The Kier molecular flexibility index (Phi) is 9.12. The van der Waals surface area contributed by atoms with Gasteiger partial charge in [0.15, 0.2) is 11.5 Å². The van der Waals surface area contributed by atoms with E-state index in [1.165, 1.54) is 11.9 Å². The van der Waals surface area contributed by atoms with Gasteiger partial charge in [0.2, 0.25) is 11.2 Å². The Balaban J connectivity index is 1.13. The van der Waals surface area contributed by atoms with E-state index >= 15 is 0 Å². The van der Waals surface area contributed by atoms with E-state index < -0.39 is 5.60 Å². The molecule has 5 N–H and O–H groups in total. The fraction of sp³-hybridized carbons (Fsp3) is 0.519. The molecular weight excluding hydrogens is 534 g/mol. The van der Waals surface area contributed by atoms with E-state index in [4.69, 9.17) is 11.6 Å². The van der Waals surface area contributed by atoms with Gasteiger partial charge in [0.05, 0.1) is 11.9 Å². The third kappa shape index (κ3) is 7.80. The predicted molar refractivity (Wildman–Crippen MR) is 156 cm³/mol. The number of benzene rings is 1. The van der Waals surface area contributed by atoms with E-state index in [2.05, 4.69) is 56.7 Å². The molecule has 3 aromatic rings. The Morgan fingerprint density at radius 1 is 1.18 bits per heavy atom. The SMILES string of the molecule is CN(CCC(=O)NCCNC(=O)Nc1ccc(C(C)(C)C)cc1)CC1(O)CCN(c2nc(Cl)nc3nc[nH]c23)C1. The van der Waals surface area contributed by atoms with Crippen molar-refractivity contribution < 1.29 is 14.7 Å². The minimum Gasteiger partial charge on any atom is -0.387 e. The summed E-state index contributed by atoms with van der Waals surface area (Å²) in [4.78, 5) is 44.0. The molecule has 1 aromatic carbocycles. The molecule has 3 amide bonds. The second kappa shape index (κ2) is 12.4. The fourth-order valence-corrected chi connectivity index (χ4v) is 4.92. The van der Waals surface area contributed by atoms with E-state index in [9.17, 15) is 14.7 Å². The number of aromatic nitrogens is 4. The van der Waals surface area contributed by atoms with Crippen LogP contribution in [-0.4, -0.2) is 93.8 Å². The number of urea groups is 1. The summed E-state index contributed by atoms with van der Waals surface area (Å²) in [6.45, 7) is 8.90. The number of hydrogen-bond acceptors (Lipinski definition) is 8.